The molecule has 1 atom stereocenters. The highest BCUT2D eigenvalue weighted by Gasteiger charge is 2.06. The van der Waals surface area contributed by atoms with Crippen molar-refractivity contribution in [1.82, 2.24) is 20.0 Å². The maximum absolute atomic E-state index is 5.77. The van der Waals surface area contributed by atoms with Crippen molar-refractivity contribution in [2.24, 2.45) is 5.73 Å². The number of fused-ring (bicyclic) bond motifs is 1. The molecule has 90 valence electrons. The highest BCUT2D eigenvalue weighted by molar-refractivity contribution is 5.80. The summed E-state index contributed by atoms with van der Waals surface area (Å²) < 4.78 is 1.73. The van der Waals surface area contributed by atoms with Crippen LogP contribution in [-0.4, -0.2) is 20.0 Å². The zero-order valence-corrected chi connectivity index (χ0v) is 9.99. The first kappa shape index (κ1) is 10.9. The van der Waals surface area contributed by atoms with Crippen LogP contribution < -0.4 is 5.73 Å². The Bertz CT molecular complexity index is 686. The summed E-state index contributed by atoms with van der Waals surface area (Å²) in [6, 6.07) is 9.80. The SMILES string of the molecule is CC(N)c1cn(-c2ccc3ncccc3c2)nn1. The zero-order valence-electron chi connectivity index (χ0n) is 9.99. The molecule has 0 spiro atoms. The van der Waals surface area contributed by atoms with Crippen molar-refractivity contribution in [1.29, 1.82) is 0 Å². The third-order valence-corrected chi connectivity index (χ3v) is 2.83. The summed E-state index contributed by atoms with van der Waals surface area (Å²) in [5.41, 5.74) is 8.47. The van der Waals surface area contributed by atoms with Gasteiger partial charge in [-0.1, -0.05) is 11.3 Å². The second-order valence-electron chi connectivity index (χ2n) is 4.26. The Balaban J connectivity index is 2.07. The number of hydrogen-bond acceptors (Lipinski definition) is 4. The minimum absolute atomic E-state index is 0.110. The minimum Gasteiger partial charge on any atom is -0.323 e. The zero-order chi connectivity index (χ0) is 12.5. The van der Waals surface area contributed by atoms with E-state index in [0.29, 0.717) is 0 Å². The fourth-order valence-electron chi connectivity index (χ4n) is 1.82. The molecule has 2 heterocycles. The number of nitrogens with two attached hydrogens (primary N) is 1. The van der Waals surface area contributed by atoms with Crippen LogP contribution in [0.25, 0.3) is 16.6 Å². The van der Waals surface area contributed by atoms with Gasteiger partial charge in [0.25, 0.3) is 0 Å². The molecule has 1 unspecified atom stereocenters. The van der Waals surface area contributed by atoms with Gasteiger partial charge in [0.05, 0.1) is 23.1 Å². The molecule has 18 heavy (non-hydrogen) atoms. The fraction of sp³-hybridized carbons (Fsp3) is 0.154. The van der Waals surface area contributed by atoms with Crippen LogP contribution in [0.2, 0.25) is 0 Å². The number of benzene rings is 1. The lowest BCUT2D eigenvalue weighted by Crippen LogP contribution is -2.04. The van der Waals surface area contributed by atoms with Crippen LogP contribution in [0.3, 0.4) is 0 Å². The van der Waals surface area contributed by atoms with Gasteiger partial charge < -0.3 is 5.73 Å². The third kappa shape index (κ3) is 1.84. The van der Waals surface area contributed by atoms with Gasteiger partial charge in [-0.15, -0.1) is 5.10 Å². The van der Waals surface area contributed by atoms with E-state index in [9.17, 15) is 0 Å². The number of pyridine rings is 1. The third-order valence-electron chi connectivity index (χ3n) is 2.83. The molecule has 0 radical (unpaired) electrons. The van der Waals surface area contributed by atoms with Gasteiger partial charge in [0.1, 0.15) is 0 Å². The Kier molecular flexibility index (Phi) is 2.53. The van der Waals surface area contributed by atoms with E-state index >= 15 is 0 Å². The summed E-state index contributed by atoms with van der Waals surface area (Å²) in [7, 11) is 0. The summed E-state index contributed by atoms with van der Waals surface area (Å²) in [5.74, 6) is 0. The van der Waals surface area contributed by atoms with Crippen molar-refractivity contribution in [3.63, 3.8) is 0 Å². The van der Waals surface area contributed by atoms with Crippen LogP contribution in [-0.2, 0) is 0 Å². The van der Waals surface area contributed by atoms with Crippen LogP contribution in [0, 0.1) is 0 Å². The molecule has 1 aromatic carbocycles. The quantitative estimate of drug-likeness (QED) is 0.740. The van der Waals surface area contributed by atoms with E-state index in [-0.39, 0.29) is 6.04 Å². The van der Waals surface area contributed by atoms with E-state index in [4.69, 9.17) is 5.73 Å². The maximum Gasteiger partial charge on any atom is 0.0995 e. The van der Waals surface area contributed by atoms with Crippen molar-refractivity contribution in [3.8, 4) is 5.69 Å². The molecule has 0 aliphatic heterocycles. The smallest absolute Gasteiger partial charge is 0.0995 e. The topological polar surface area (TPSA) is 69.6 Å². The first-order chi connectivity index (χ1) is 8.74. The van der Waals surface area contributed by atoms with E-state index in [1.54, 1.807) is 10.9 Å². The summed E-state index contributed by atoms with van der Waals surface area (Å²) in [6.45, 7) is 1.89. The van der Waals surface area contributed by atoms with E-state index in [1.807, 2.05) is 43.5 Å². The molecule has 2 aromatic heterocycles. The van der Waals surface area contributed by atoms with Crippen LogP contribution in [0.15, 0.2) is 42.7 Å². The maximum atomic E-state index is 5.77. The van der Waals surface area contributed by atoms with E-state index < -0.39 is 0 Å². The van der Waals surface area contributed by atoms with Gasteiger partial charge in [0, 0.05) is 17.6 Å². The standard InChI is InChI=1S/C13H13N5/c1-9(14)13-8-18(17-16-13)11-4-5-12-10(7-11)3-2-6-15-12/h2-9H,14H2,1H3. The second kappa shape index (κ2) is 4.19. The van der Waals surface area contributed by atoms with Crippen LogP contribution >= 0.6 is 0 Å². The fourth-order valence-corrected chi connectivity index (χ4v) is 1.82. The summed E-state index contributed by atoms with van der Waals surface area (Å²) in [5, 5.41) is 9.20. The highest BCUT2D eigenvalue weighted by atomic mass is 15.4. The summed E-state index contributed by atoms with van der Waals surface area (Å²) in [6.07, 6.45) is 3.63. The average Bonchev–Trinajstić information content (AvgIpc) is 2.88. The van der Waals surface area contributed by atoms with Gasteiger partial charge >= 0.3 is 0 Å². The van der Waals surface area contributed by atoms with E-state index in [2.05, 4.69) is 15.3 Å². The number of hydrogen-bond donors (Lipinski definition) is 1. The van der Waals surface area contributed by atoms with Gasteiger partial charge in [0.2, 0.25) is 0 Å². The van der Waals surface area contributed by atoms with Crippen molar-refractivity contribution in [2.45, 2.75) is 13.0 Å². The molecule has 0 amide bonds. The lowest BCUT2D eigenvalue weighted by Gasteiger charge is -2.02. The molecular weight excluding hydrogens is 226 g/mol. The van der Waals surface area contributed by atoms with Crippen molar-refractivity contribution in [3.05, 3.63) is 48.4 Å². The Labute approximate surface area is 104 Å². The Morgan fingerprint density at radius 3 is 2.94 bits per heavy atom. The first-order valence-electron chi connectivity index (χ1n) is 5.77. The van der Waals surface area contributed by atoms with Crippen LogP contribution in [0.1, 0.15) is 18.7 Å². The van der Waals surface area contributed by atoms with Gasteiger partial charge in [-0.05, 0) is 31.2 Å². The lowest BCUT2D eigenvalue weighted by molar-refractivity contribution is 0.757. The average molecular weight is 239 g/mol. The van der Waals surface area contributed by atoms with Gasteiger partial charge in [-0.2, -0.15) is 0 Å². The summed E-state index contributed by atoms with van der Waals surface area (Å²) >= 11 is 0. The molecule has 5 heteroatoms. The second-order valence-corrected chi connectivity index (χ2v) is 4.26. The Morgan fingerprint density at radius 2 is 2.17 bits per heavy atom. The largest absolute Gasteiger partial charge is 0.323 e. The van der Waals surface area contributed by atoms with Gasteiger partial charge in [0.15, 0.2) is 0 Å². The number of nitrogens with zero attached hydrogens (tertiary/aromatic N) is 4. The predicted octanol–water partition coefficient (Wildman–Crippen LogP) is 1.84. The first-order valence-corrected chi connectivity index (χ1v) is 5.77. The molecule has 3 aromatic rings. The Morgan fingerprint density at radius 1 is 1.28 bits per heavy atom. The predicted molar refractivity (Wildman–Crippen MR) is 69.3 cm³/mol. The lowest BCUT2D eigenvalue weighted by atomic mass is 10.2. The number of aromatic nitrogens is 4. The van der Waals surface area contributed by atoms with E-state index in [0.717, 1.165) is 22.3 Å². The molecule has 2 N–H and O–H groups in total. The Hall–Kier alpha value is -2.27. The molecule has 3 rings (SSSR count). The molecular formula is C13H13N5. The molecule has 0 fully saturated rings. The number of rotatable bonds is 2. The molecule has 0 aliphatic carbocycles. The molecule has 0 aliphatic rings. The van der Waals surface area contributed by atoms with Crippen molar-refractivity contribution in [2.75, 3.05) is 0 Å². The molecule has 0 saturated heterocycles. The minimum atomic E-state index is -0.110. The monoisotopic (exact) mass is 239 g/mol. The van der Waals surface area contributed by atoms with Crippen LogP contribution in [0.5, 0.6) is 0 Å². The normalized spacial score (nSPS) is 12.8. The molecule has 5 nitrogen and oxygen atoms in total. The van der Waals surface area contributed by atoms with Crippen molar-refractivity contribution >= 4 is 10.9 Å². The van der Waals surface area contributed by atoms with Crippen LogP contribution in [0.4, 0.5) is 0 Å². The van der Waals surface area contributed by atoms with E-state index in [1.165, 1.54) is 0 Å². The van der Waals surface area contributed by atoms with Gasteiger partial charge in [-0.3, -0.25) is 4.98 Å². The summed E-state index contributed by atoms with van der Waals surface area (Å²) in [4.78, 5) is 4.28. The molecule has 0 saturated carbocycles. The highest BCUT2D eigenvalue weighted by Crippen LogP contribution is 2.16. The molecule has 0 bridgehead atoms. The van der Waals surface area contributed by atoms with Gasteiger partial charge in [-0.25, -0.2) is 4.68 Å². The van der Waals surface area contributed by atoms with Crippen molar-refractivity contribution < 1.29 is 0 Å².